The van der Waals surface area contributed by atoms with Gasteiger partial charge in [-0.25, -0.2) is 0 Å². The number of hydrogen-bond donors (Lipinski definition) is 6. The van der Waals surface area contributed by atoms with E-state index in [0.717, 1.165) is 66.9 Å². The van der Waals surface area contributed by atoms with E-state index in [-0.39, 0.29) is 18.1 Å². The number of ether oxygens (including phenoxy) is 9. The van der Waals surface area contributed by atoms with Crippen molar-refractivity contribution in [1.82, 2.24) is 19.9 Å². The van der Waals surface area contributed by atoms with Crippen LogP contribution >= 0.6 is 0 Å². The SMILES string of the molecule is C[C@H]1CCC2[C@@H](C)C3C(CC4C5CC=C6C[C@@H](OCCCn7cc(CO[C@@H]8OC(CO)[C@@H](O[C@@H]9OC%10O[C@@H]%10C(O)[C@@H]9O)[C@H](O)C8O[C@@H]8OC9O[C@@H]9C(O)[C@@H]8O)nn7)CC[C@]6(C)C5CC[C@@]43C)N2C1. The quantitative estimate of drug-likeness (QED) is 0.0928. The maximum atomic E-state index is 11.7. The van der Waals surface area contributed by atoms with Crippen molar-refractivity contribution >= 4 is 0 Å². The topological polar surface area (TPSA) is 245 Å². The van der Waals surface area contributed by atoms with Gasteiger partial charge < -0.3 is 73.3 Å². The second-order valence-corrected chi connectivity index (χ2v) is 23.1. The number of rotatable bonds is 13. The van der Waals surface area contributed by atoms with Gasteiger partial charge in [-0.3, -0.25) is 9.58 Å². The van der Waals surface area contributed by atoms with Crippen LogP contribution in [0.4, 0.5) is 0 Å². The number of nitrogens with zero attached hydrogens (tertiary/aromatic N) is 4. The minimum absolute atomic E-state index is 0.130. The van der Waals surface area contributed by atoms with Crippen LogP contribution in [0.25, 0.3) is 0 Å². The molecule has 380 valence electrons. The molecule has 26 atom stereocenters. The summed E-state index contributed by atoms with van der Waals surface area (Å²) in [5, 5.41) is 73.0. The van der Waals surface area contributed by atoms with E-state index >= 15 is 0 Å². The van der Waals surface area contributed by atoms with Crippen LogP contribution in [-0.4, -0.2) is 181 Å². The second kappa shape index (κ2) is 18.0. The zero-order chi connectivity index (χ0) is 47.0. The van der Waals surface area contributed by atoms with Gasteiger partial charge in [-0.2, -0.15) is 0 Å². The summed E-state index contributed by atoms with van der Waals surface area (Å²) in [5.74, 6) is 4.91. The van der Waals surface area contributed by atoms with Crippen LogP contribution in [0.3, 0.4) is 0 Å². The predicted molar refractivity (Wildman–Crippen MR) is 234 cm³/mol. The number of aryl methyl sites for hydroxylation is 1. The van der Waals surface area contributed by atoms with Gasteiger partial charge in [0.05, 0.1) is 25.5 Å². The second-order valence-electron chi connectivity index (χ2n) is 23.1. The monoisotopic (exact) mass is 959 g/mol. The van der Waals surface area contributed by atoms with Gasteiger partial charge in [0.2, 0.25) is 0 Å². The number of allylic oxidation sites excluding steroid dienone is 1. The molecule has 0 amide bonds. The van der Waals surface area contributed by atoms with Crippen LogP contribution < -0.4 is 0 Å². The Morgan fingerprint density at radius 2 is 1.51 bits per heavy atom. The molecule has 8 heterocycles. The third kappa shape index (κ3) is 8.00. The minimum Gasteiger partial charge on any atom is -0.394 e. The van der Waals surface area contributed by atoms with Gasteiger partial charge in [-0.15, -0.1) is 5.10 Å². The van der Waals surface area contributed by atoms with Crippen molar-refractivity contribution in [2.24, 2.45) is 46.3 Å². The maximum absolute atomic E-state index is 11.7. The van der Waals surface area contributed by atoms with E-state index < -0.39 is 99.1 Å². The Morgan fingerprint density at radius 1 is 0.779 bits per heavy atom. The van der Waals surface area contributed by atoms with Gasteiger partial charge in [0.1, 0.15) is 66.7 Å². The molecule has 12 unspecified atom stereocenters. The fourth-order valence-corrected chi connectivity index (χ4v) is 15.7. The Bertz CT molecular complexity index is 2020. The molecule has 7 aliphatic heterocycles. The van der Waals surface area contributed by atoms with Gasteiger partial charge in [0, 0.05) is 31.8 Å². The van der Waals surface area contributed by atoms with Crippen LogP contribution in [0, 0.1) is 46.3 Å². The summed E-state index contributed by atoms with van der Waals surface area (Å²) in [7, 11) is 0. The first kappa shape index (κ1) is 47.3. The Hall–Kier alpha value is -1.76. The van der Waals surface area contributed by atoms with Gasteiger partial charge in [0.15, 0.2) is 31.5 Å². The first-order chi connectivity index (χ1) is 32.7. The summed E-state index contributed by atoms with van der Waals surface area (Å²) in [4.78, 5) is 3.00. The molecule has 68 heavy (non-hydrogen) atoms. The summed E-state index contributed by atoms with van der Waals surface area (Å²) in [6, 6.07) is 1.60. The van der Waals surface area contributed by atoms with Crippen molar-refractivity contribution in [2.75, 3.05) is 19.8 Å². The fourth-order valence-electron chi connectivity index (χ4n) is 15.7. The summed E-state index contributed by atoms with van der Waals surface area (Å²) >= 11 is 0. The molecule has 1 aromatic rings. The van der Waals surface area contributed by atoms with Crippen molar-refractivity contribution < 1.29 is 73.3 Å². The molecular formula is C49H74N4O15. The number of aliphatic hydroxyl groups excluding tert-OH is 6. The van der Waals surface area contributed by atoms with E-state index in [1.54, 1.807) is 16.5 Å². The minimum atomic E-state index is -1.63. The van der Waals surface area contributed by atoms with E-state index in [2.05, 4.69) is 49.0 Å². The van der Waals surface area contributed by atoms with Crippen LogP contribution in [0.15, 0.2) is 17.8 Å². The molecule has 0 spiro atoms. The number of piperidine rings is 1. The average Bonchev–Trinajstić information content (AvgIpc) is 4.18. The van der Waals surface area contributed by atoms with Gasteiger partial charge in [-0.1, -0.05) is 44.6 Å². The molecule has 1 aromatic heterocycles. The molecule has 7 saturated heterocycles. The maximum Gasteiger partial charge on any atom is 0.190 e. The van der Waals surface area contributed by atoms with Crippen LogP contribution in [-0.2, 0) is 55.8 Å². The first-order valence-corrected chi connectivity index (χ1v) is 25.9. The van der Waals surface area contributed by atoms with Gasteiger partial charge in [0.25, 0.3) is 0 Å². The zero-order valence-electron chi connectivity index (χ0n) is 39.8. The highest BCUT2D eigenvalue weighted by atomic mass is 16.9. The summed E-state index contributed by atoms with van der Waals surface area (Å²) in [6.07, 6.45) is -1.76. The standard InChI is InChI=1S/C49H74N4O15/c1-22-6-9-30-23(2)33-31(53(30)18-22)17-29-27-8-7-24-16-26(10-12-48(24,3)28(27)11-13-49(29,33)4)60-15-5-14-52-19-25(50-51-52)21-61-45-42(64-44-37(58)35(56)41-47(66-41)68-44)38(59)39(32(20-54)62-45)63-43-36(57)34(55)40-46(65-40)67-43/h7,19,22-23,26-47,54-59H,5-6,8-18,20-21H2,1-4H3/t22-,23+,26-,27?,28?,29?,30?,31?,32?,33?,34?,35?,36-,37-,38-,39+,40+,41+,42?,43+,44+,45+,46?,47?,48-,49-/m0/s1. The number of hydrogen-bond acceptors (Lipinski definition) is 18. The lowest BCUT2D eigenvalue weighted by Gasteiger charge is -2.58. The fraction of sp³-hybridized carbons (Fsp3) is 0.918. The largest absolute Gasteiger partial charge is 0.394 e. The number of aromatic nitrogens is 3. The highest BCUT2D eigenvalue weighted by Gasteiger charge is 2.67. The highest BCUT2D eigenvalue weighted by molar-refractivity contribution is 5.27. The third-order valence-electron chi connectivity index (χ3n) is 19.3. The normalized spacial score (nSPS) is 53.5. The first-order valence-electron chi connectivity index (χ1n) is 25.9. The van der Waals surface area contributed by atoms with Crippen LogP contribution in [0.1, 0.15) is 97.6 Å². The number of aliphatic hydroxyl groups is 6. The zero-order valence-corrected chi connectivity index (χ0v) is 39.8. The van der Waals surface area contributed by atoms with E-state index in [0.29, 0.717) is 24.3 Å². The van der Waals surface area contributed by atoms with Crippen molar-refractivity contribution in [3.8, 4) is 0 Å². The Kier molecular flexibility index (Phi) is 12.5. The smallest absolute Gasteiger partial charge is 0.190 e. The number of epoxide rings is 2. The van der Waals surface area contributed by atoms with Gasteiger partial charge in [-0.05, 0) is 111 Å². The van der Waals surface area contributed by atoms with E-state index in [9.17, 15) is 30.6 Å². The Balaban J connectivity index is 0.639. The van der Waals surface area contributed by atoms with E-state index in [4.69, 9.17) is 42.6 Å². The van der Waals surface area contributed by atoms with Crippen molar-refractivity contribution in [2.45, 2.75) is 216 Å². The lowest BCUT2D eigenvalue weighted by Crippen LogP contribution is -2.64. The van der Waals surface area contributed by atoms with E-state index in [1.807, 2.05) is 0 Å². The Labute approximate surface area is 397 Å². The molecule has 6 N–H and O–H groups in total. The van der Waals surface area contributed by atoms with E-state index in [1.165, 1.54) is 51.5 Å². The van der Waals surface area contributed by atoms with Gasteiger partial charge >= 0.3 is 0 Å². The molecule has 11 aliphatic rings. The van der Waals surface area contributed by atoms with Crippen molar-refractivity contribution in [1.29, 1.82) is 0 Å². The summed E-state index contributed by atoms with van der Waals surface area (Å²) in [6.45, 7) is 12.1. The molecular weight excluding hydrogens is 885 g/mol. The molecule has 3 saturated carbocycles. The molecule has 10 fully saturated rings. The summed E-state index contributed by atoms with van der Waals surface area (Å²) in [5.41, 5.74) is 2.84. The molecule has 19 heteroatoms. The molecule has 4 aliphatic carbocycles. The molecule has 12 rings (SSSR count). The lowest BCUT2D eigenvalue weighted by atomic mass is 9.47. The lowest BCUT2D eigenvalue weighted by molar-refractivity contribution is -0.373. The third-order valence-corrected chi connectivity index (χ3v) is 19.3. The number of fused-ring (bicyclic) bond motifs is 11. The van der Waals surface area contributed by atoms with Crippen LogP contribution in [0.2, 0.25) is 0 Å². The summed E-state index contributed by atoms with van der Waals surface area (Å²) < 4.78 is 54.2. The molecule has 0 radical (unpaired) electrons. The molecule has 0 aromatic carbocycles. The highest BCUT2D eigenvalue weighted by Crippen LogP contribution is 2.70. The van der Waals surface area contributed by atoms with Crippen molar-refractivity contribution in [3.05, 3.63) is 23.5 Å². The molecule has 0 bridgehead atoms. The molecule has 19 nitrogen and oxygen atoms in total. The average molecular weight is 959 g/mol. The van der Waals surface area contributed by atoms with Crippen molar-refractivity contribution in [3.63, 3.8) is 0 Å². The Morgan fingerprint density at radius 3 is 2.25 bits per heavy atom. The predicted octanol–water partition coefficient (Wildman–Crippen LogP) is 1.33. The van der Waals surface area contributed by atoms with Crippen LogP contribution in [0.5, 0.6) is 0 Å².